The molecule has 3 nitrogen and oxygen atoms in total. The second-order valence-electron chi connectivity index (χ2n) is 4.83. The average Bonchev–Trinajstić information content (AvgIpc) is 2.45. The van der Waals surface area contributed by atoms with E-state index in [-0.39, 0.29) is 6.61 Å². The highest BCUT2D eigenvalue weighted by molar-refractivity contribution is 5.01. The number of likely N-dealkylation sites (tertiary alicyclic amines) is 1. The Morgan fingerprint density at radius 3 is 2.79 bits per heavy atom. The number of aliphatic hydroxyl groups is 1. The van der Waals surface area contributed by atoms with Crippen molar-refractivity contribution in [3.63, 3.8) is 0 Å². The van der Waals surface area contributed by atoms with E-state index in [0.717, 1.165) is 19.7 Å². The molecule has 1 aliphatic heterocycles. The van der Waals surface area contributed by atoms with Gasteiger partial charge < -0.3 is 14.7 Å². The molecule has 1 heterocycles. The maximum absolute atomic E-state index is 8.93. The second-order valence-corrected chi connectivity index (χ2v) is 4.83. The number of ether oxygens (including phenoxy) is 1. The van der Waals surface area contributed by atoms with Crippen molar-refractivity contribution in [3.8, 4) is 0 Å². The van der Waals surface area contributed by atoms with E-state index in [1.807, 2.05) is 0 Å². The lowest BCUT2D eigenvalue weighted by Crippen LogP contribution is -2.39. The normalized spacial score (nSPS) is 30.9. The molecule has 0 aromatic carbocycles. The first kappa shape index (κ1) is 10.4. The van der Waals surface area contributed by atoms with Crippen molar-refractivity contribution in [2.75, 3.05) is 40.0 Å². The van der Waals surface area contributed by atoms with Gasteiger partial charge in [0, 0.05) is 32.7 Å². The third-order valence-electron chi connectivity index (χ3n) is 4.02. The van der Waals surface area contributed by atoms with Crippen molar-refractivity contribution in [2.45, 2.75) is 19.3 Å². The Labute approximate surface area is 86.0 Å². The van der Waals surface area contributed by atoms with Gasteiger partial charge >= 0.3 is 0 Å². The van der Waals surface area contributed by atoms with Gasteiger partial charge in [-0.2, -0.15) is 0 Å². The molecule has 3 heteroatoms. The van der Waals surface area contributed by atoms with Gasteiger partial charge in [-0.15, -0.1) is 0 Å². The van der Waals surface area contributed by atoms with Gasteiger partial charge in [0.2, 0.25) is 0 Å². The van der Waals surface area contributed by atoms with Crippen LogP contribution in [0.15, 0.2) is 0 Å². The highest BCUT2D eigenvalue weighted by Crippen LogP contribution is 2.51. The fourth-order valence-corrected chi connectivity index (χ4v) is 3.08. The topological polar surface area (TPSA) is 32.7 Å². The Bertz CT molecular complexity index is 192. The maximum atomic E-state index is 8.93. The molecule has 0 bridgehead atoms. The smallest absolute Gasteiger partial charge is 0.0558 e. The van der Waals surface area contributed by atoms with E-state index in [9.17, 15) is 0 Å². The second kappa shape index (κ2) is 4.17. The quantitative estimate of drug-likeness (QED) is 0.724. The molecule has 2 aliphatic rings. The van der Waals surface area contributed by atoms with Crippen molar-refractivity contribution >= 4 is 0 Å². The van der Waals surface area contributed by atoms with Crippen molar-refractivity contribution in [2.24, 2.45) is 11.3 Å². The lowest BCUT2D eigenvalue weighted by Gasteiger charge is -2.42. The zero-order chi connectivity index (χ0) is 10.0. The minimum Gasteiger partial charge on any atom is -0.395 e. The first-order valence-electron chi connectivity index (χ1n) is 5.63. The molecule has 1 aliphatic carbocycles. The molecule has 2 fully saturated rings. The minimum absolute atomic E-state index is 0.287. The van der Waals surface area contributed by atoms with E-state index in [4.69, 9.17) is 9.84 Å². The summed E-state index contributed by atoms with van der Waals surface area (Å²) in [5.41, 5.74) is 0.547. The van der Waals surface area contributed by atoms with Crippen LogP contribution in [0.3, 0.4) is 0 Å². The van der Waals surface area contributed by atoms with Gasteiger partial charge in [0.25, 0.3) is 0 Å². The summed E-state index contributed by atoms with van der Waals surface area (Å²) in [5, 5.41) is 8.93. The lowest BCUT2D eigenvalue weighted by molar-refractivity contribution is 0.0366. The van der Waals surface area contributed by atoms with Crippen LogP contribution in [0.25, 0.3) is 0 Å². The number of nitrogens with zero attached hydrogens (tertiary/aromatic N) is 1. The fraction of sp³-hybridized carbons (Fsp3) is 1.00. The predicted octanol–water partition coefficient (Wildman–Crippen LogP) is 0.727. The molecule has 0 aromatic rings. The summed E-state index contributed by atoms with van der Waals surface area (Å²) in [6.07, 6.45) is 4.11. The van der Waals surface area contributed by atoms with Gasteiger partial charge in [0.15, 0.2) is 0 Å². The van der Waals surface area contributed by atoms with Crippen LogP contribution in [0, 0.1) is 11.3 Å². The highest BCUT2D eigenvalue weighted by atomic mass is 16.5. The van der Waals surface area contributed by atoms with Crippen LogP contribution in [0.2, 0.25) is 0 Å². The van der Waals surface area contributed by atoms with Crippen LogP contribution in [0.4, 0.5) is 0 Å². The largest absolute Gasteiger partial charge is 0.395 e. The molecule has 82 valence electrons. The average molecular weight is 199 g/mol. The molecule has 1 saturated heterocycles. The molecule has 1 saturated carbocycles. The van der Waals surface area contributed by atoms with E-state index in [1.54, 1.807) is 7.11 Å². The fourth-order valence-electron chi connectivity index (χ4n) is 3.08. The molecular formula is C11H21NO2. The van der Waals surface area contributed by atoms with E-state index in [0.29, 0.717) is 11.3 Å². The number of hydrogen-bond acceptors (Lipinski definition) is 3. The molecule has 2 rings (SSSR count). The third-order valence-corrected chi connectivity index (χ3v) is 4.02. The van der Waals surface area contributed by atoms with Crippen molar-refractivity contribution in [3.05, 3.63) is 0 Å². The Morgan fingerprint density at radius 1 is 1.50 bits per heavy atom. The Morgan fingerprint density at radius 2 is 2.29 bits per heavy atom. The summed E-state index contributed by atoms with van der Waals surface area (Å²) >= 11 is 0. The molecule has 0 amide bonds. The van der Waals surface area contributed by atoms with Gasteiger partial charge in [-0.25, -0.2) is 0 Å². The van der Waals surface area contributed by atoms with Gasteiger partial charge in [-0.3, -0.25) is 0 Å². The SMILES string of the molecule is COC[C@H]1CN(CCO)CC12CCC2. The molecule has 14 heavy (non-hydrogen) atoms. The Balaban J connectivity index is 1.94. The Kier molecular flexibility index (Phi) is 3.10. The maximum Gasteiger partial charge on any atom is 0.0558 e. The van der Waals surface area contributed by atoms with Crippen LogP contribution in [-0.2, 0) is 4.74 Å². The Hall–Kier alpha value is -0.120. The molecular weight excluding hydrogens is 178 g/mol. The van der Waals surface area contributed by atoms with Crippen LogP contribution >= 0.6 is 0 Å². The summed E-state index contributed by atoms with van der Waals surface area (Å²) in [5.74, 6) is 0.702. The number of hydrogen-bond donors (Lipinski definition) is 1. The molecule has 0 radical (unpaired) electrons. The minimum atomic E-state index is 0.287. The first-order valence-corrected chi connectivity index (χ1v) is 5.63. The van der Waals surface area contributed by atoms with Gasteiger partial charge in [-0.1, -0.05) is 6.42 Å². The number of β-amino-alcohol motifs (C(OH)–C–C–N with tert-alkyl or cyclic N) is 1. The monoisotopic (exact) mass is 199 g/mol. The summed E-state index contributed by atoms with van der Waals surface area (Å²) in [4.78, 5) is 2.39. The van der Waals surface area contributed by atoms with E-state index in [1.165, 1.54) is 25.8 Å². The lowest BCUT2D eigenvalue weighted by atomic mass is 9.63. The molecule has 1 atom stereocenters. The van der Waals surface area contributed by atoms with Crippen molar-refractivity contribution in [1.82, 2.24) is 4.90 Å². The molecule has 0 unspecified atom stereocenters. The standard InChI is InChI=1S/C11H21NO2/c1-14-8-10-7-12(5-6-13)9-11(10)3-2-4-11/h10,13H,2-9H2,1H3/t10-/m1/s1. The zero-order valence-electron chi connectivity index (χ0n) is 9.04. The van der Waals surface area contributed by atoms with Crippen LogP contribution < -0.4 is 0 Å². The number of methoxy groups -OCH3 is 1. The van der Waals surface area contributed by atoms with Gasteiger partial charge in [0.05, 0.1) is 13.2 Å². The summed E-state index contributed by atoms with van der Waals surface area (Å²) in [7, 11) is 1.79. The van der Waals surface area contributed by atoms with Crippen LogP contribution in [0.5, 0.6) is 0 Å². The third kappa shape index (κ3) is 1.69. The number of rotatable bonds is 4. The van der Waals surface area contributed by atoms with Gasteiger partial charge in [0.1, 0.15) is 0 Å². The summed E-state index contributed by atoms with van der Waals surface area (Å²) in [6, 6.07) is 0. The van der Waals surface area contributed by atoms with E-state index < -0.39 is 0 Å². The zero-order valence-corrected chi connectivity index (χ0v) is 9.04. The highest BCUT2D eigenvalue weighted by Gasteiger charge is 2.49. The number of aliphatic hydroxyl groups excluding tert-OH is 1. The van der Waals surface area contributed by atoms with Crippen LogP contribution in [0.1, 0.15) is 19.3 Å². The van der Waals surface area contributed by atoms with E-state index >= 15 is 0 Å². The molecule has 0 aromatic heterocycles. The van der Waals surface area contributed by atoms with E-state index in [2.05, 4.69) is 4.90 Å². The predicted molar refractivity (Wildman–Crippen MR) is 55.2 cm³/mol. The molecule has 1 N–H and O–H groups in total. The van der Waals surface area contributed by atoms with Crippen molar-refractivity contribution < 1.29 is 9.84 Å². The summed E-state index contributed by atoms with van der Waals surface area (Å²) < 4.78 is 5.29. The first-order chi connectivity index (χ1) is 6.80. The van der Waals surface area contributed by atoms with Crippen LogP contribution in [-0.4, -0.2) is 50.0 Å². The summed E-state index contributed by atoms with van der Waals surface area (Å²) in [6.45, 7) is 4.32. The van der Waals surface area contributed by atoms with Gasteiger partial charge in [-0.05, 0) is 18.3 Å². The van der Waals surface area contributed by atoms with Crippen molar-refractivity contribution in [1.29, 1.82) is 0 Å². The molecule has 1 spiro atoms.